The highest BCUT2D eigenvalue weighted by atomic mass is 19.2. The molecular weight excluding hydrogens is 453 g/mol. The zero-order valence-corrected chi connectivity index (χ0v) is 19.5. The molecule has 0 amide bonds. The number of aliphatic imine (C=N–C) groups is 1. The number of hydrogen-bond donors (Lipinski definition) is 0. The molecule has 0 bridgehead atoms. The highest BCUT2D eigenvalue weighted by Gasteiger charge is 2.27. The minimum atomic E-state index is -2.69. The number of benzene rings is 4. The molecule has 0 aliphatic carbocycles. The fourth-order valence-electron chi connectivity index (χ4n) is 4.78. The van der Waals surface area contributed by atoms with Gasteiger partial charge in [0.15, 0.2) is 0 Å². The van der Waals surface area contributed by atoms with E-state index in [1.807, 2.05) is 91.0 Å². The van der Waals surface area contributed by atoms with Crippen LogP contribution >= 0.6 is 0 Å². The monoisotopic (exact) mass is 474 g/mol. The van der Waals surface area contributed by atoms with Gasteiger partial charge in [0.25, 0.3) is 0 Å². The van der Waals surface area contributed by atoms with E-state index in [2.05, 4.69) is 6.07 Å². The highest BCUT2D eigenvalue weighted by Crippen LogP contribution is 2.35. The second kappa shape index (κ2) is 8.97. The topological polar surface area (TPSA) is 26.5 Å². The van der Waals surface area contributed by atoms with Gasteiger partial charge in [0.05, 0.1) is 18.5 Å². The minimum Gasteiger partial charge on any atom is -0.497 e. The van der Waals surface area contributed by atoms with Crippen LogP contribution < -0.4 is 4.74 Å². The Kier molecular flexibility index (Phi) is 5.49. The number of rotatable bonds is 5. The number of fused-ring (bicyclic) bond motifs is 2. The van der Waals surface area contributed by atoms with Crippen molar-refractivity contribution in [2.45, 2.75) is 0 Å². The van der Waals surface area contributed by atoms with Gasteiger partial charge in [-0.25, -0.2) is 4.99 Å². The number of para-hydroxylation sites is 1. The fourth-order valence-corrected chi connectivity index (χ4v) is 4.78. The van der Waals surface area contributed by atoms with E-state index in [-0.39, 0.29) is 0 Å². The first kappa shape index (κ1) is 22.0. The van der Waals surface area contributed by atoms with E-state index >= 15 is 0 Å². The summed E-state index contributed by atoms with van der Waals surface area (Å²) in [6.45, 7) is 0. The van der Waals surface area contributed by atoms with Crippen molar-refractivity contribution in [3.05, 3.63) is 132 Å². The van der Waals surface area contributed by atoms with Gasteiger partial charge in [-0.1, -0.05) is 66.7 Å². The average molecular weight is 474 g/mol. The molecule has 0 fully saturated rings. The molecule has 1 aliphatic rings. The molecular formula is C30H21BF2N2O. The van der Waals surface area contributed by atoms with Crippen LogP contribution in [0.15, 0.2) is 120 Å². The lowest BCUT2D eigenvalue weighted by Crippen LogP contribution is -2.16. The van der Waals surface area contributed by atoms with E-state index in [0.717, 1.165) is 43.2 Å². The Morgan fingerprint density at radius 2 is 1.53 bits per heavy atom. The van der Waals surface area contributed by atoms with Crippen molar-refractivity contribution in [1.82, 2.24) is 4.48 Å². The molecule has 0 spiro atoms. The van der Waals surface area contributed by atoms with Gasteiger partial charge < -0.3 is 9.21 Å². The quantitative estimate of drug-likeness (QED) is 0.244. The van der Waals surface area contributed by atoms with Crippen LogP contribution in [0.5, 0.6) is 5.75 Å². The number of halogens is 2. The van der Waals surface area contributed by atoms with Crippen LogP contribution in [-0.2, 0) is 0 Å². The molecule has 6 rings (SSSR count). The van der Waals surface area contributed by atoms with Gasteiger partial charge in [0.2, 0.25) is 0 Å². The smallest absolute Gasteiger partial charge is 0.497 e. The first-order valence-electron chi connectivity index (χ1n) is 11.7. The summed E-state index contributed by atoms with van der Waals surface area (Å²) in [5, 5.41) is 2.91. The van der Waals surface area contributed by atoms with Crippen molar-refractivity contribution in [3.63, 3.8) is 0 Å². The normalized spacial score (nSPS) is 14.4. The standard InChI is InChI=1S/C30H21BF2N2O/c1-36-25-14-13-21-17-23(12-11-22(21)18-25)26-15-16-27(34-26)30(20-7-3-2-4-8-20)29-19-24-9-5-6-10-28(24)35(29)31(32)33/h2-19H,1H3/b30-27+. The number of aromatic nitrogens is 1. The van der Waals surface area contributed by atoms with Gasteiger partial charge in [-0.05, 0) is 64.2 Å². The van der Waals surface area contributed by atoms with Crippen molar-refractivity contribution in [2.24, 2.45) is 4.99 Å². The maximum Gasteiger partial charge on any atom is 0.678 e. The first-order chi connectivity index (χ1) is 17.6. The van der Waals surface area contributed by atoms with Crippen molar-refractivity contribution >= 4 is 40.4 Å². The van der Waals surface area contributed by atoms with Gasteiger partial charge in [-0.2, -0.15) is 0 Å². The lowest BCUT2D eigenvalue weighted by atomic mass is 9.99. The predicted molar refractivity (Wildman–Crippen MR) is 144 cm³/mol. The Morgan fingerprint density at radius 3 is 2.33 bits per heavy atom. The van der Waals surface area contributed by atoms with Crippen LogP contribution in [0.2, 0.25) is 0 Å². The summed E-state index contributed by atoms with van der Waals surface area (Å²) in [6, 6.07) is 30.7. The molecule has 5 aromatic rings. The highest BCUT2D eigenvalue weighted by molar-refractivity contribution is 6.43. The summed E-state index contributed by atoms with van der Waals surface area (Å²) in [7, 11) is -1.04. The summed E-state index contributed by atoms with van der Waals surface area (Å²) in [6.07, 6.45) is 3.85. The number of hydrogen-bond acceptors (Lipinski definition) is 2. The minimum absolute atomic E-state index is 0.438. The van der Waals surface area contributed by atoms with E-state index in [1.165, 1.54) is 0 Å². The molecule has 6 heteroatoms. The third-order valence-electron chi connectivity index (χ3n) is 6.50. The Hall–Kier alpha value is -4.45. The molecule has 0 saturated heterocycles. The number of nitrogens with zero attached hydrogens (tertiary/aromatic N) is 2. The van der Waals surface area contributed by atoms with E-state index in [4.69, 9.17) is 9.73 Å². The molecule has 1 aromatic heterocycles. The number of ether oxygens (including phenoxy) is 1. The Bertz CT molecular complexity index is 1700. The number of allylic oxidation sites excluding steroid dienone is 2. The lowest BCUT2D eigenvalue weighted by Gasteiger charge is -2.13. The third kappa shape index (κ3) is 3.81. The van der Waals surface area contributed by atoms with Crippen LogP contribution in [0.4, 0.5) is 8.63 Å². The Balaban J connectivity index is 1.54. The predicted octanol–water partition coefficient (Wildman–Crippen LogP) is 7.39. The second-order valence-corrected chi connectivity index (χ2v) is 8.62. The zero-order valence-electron chi connectivity index (χ0n) is 19.5. The molecule has 36 heavy (non-hydrogen) atoms. The molecule has 0 N–H and O–H groups in total. The van der Waals surface area contributed by atoms with Crippen molar-refractivity contribution in [1.29, 1.82) is 0 Å². The van der Waals surface area contributed by atoms with Gasteiger partial charge >= 0.3 is 7.40 Å². The fraction of sp³-hybridized carbons (Fsp3) is 0.0333. The van der Waals surface area contributed by atoms with Gasteiger partial charge in [0, 0.05) is 22.3 Å². The van der Waals surface area contributed by atoms with E-state index in [1.54, 1.807) is 19.2 Å². The van der Waals surface area contributed by atoms with Crippen LogP contribution in [0, 0.1) is 0 Å². The SMILES string of the molecule is COc1ccc2cc(C3=N/C(=C(\c4ccccc4)c4cc5ccccc5n4B(F)F)C=C3)ccc2c1. The maximum atomic E-state index is 14.4. The van der Waals surface area contributed by atoms with Gasteiger partial charge in [-0.3, -0.25) is 8.63 Å². The van der Waals surface area contributed by atoms with Gasteiger partial charge in [-0.15, -0.1) is 0 Å². The van der Waals surface area contributed by atoms with Crippen molar-refractivity contribution in [2.75, 3.05) is 7.11 Å². The zero-order chi connectivity index (χ0) is 24.6. The van der Waals surface area contributed by atoms with Crippen LogP contribution in [0.3, 0.4) is 0 Å². The Morgan fingerprint density at radius 1 is 0.778 bits per heavy atom. The van der Waals surface area contributed by atoms with Crippen LogP contribution in [0.1, 0.15) is 16.8 Å². The second-order valence-electron chi connectivity index (χ2n) is 8.62. The summed E-state index contributed by atoms with van der Waals surface area (Å²) in [4.78, 5) is 4.92. The largest absolute Gasteiger partial charge is 0.678 e. The lowest BCUT2D eigenvalue weighted by molar-refractivity contribution is 0.415. The molecule has 3 nitrogen and oxygen atoms in total. The molecule has 0 saturated carbocycles. The van der Waals surface area contributed by atoms with Crippen LogP contribution in [-0.4, -0.2) is 24.7 Å². The summed E-state index contributed by atoms with van der Waals surface area (Å²) in [5.74, 6) is 0.806. The number of methoxy groups -OCH3 is 1. The molecule has 4 aromatic carbocycles. The summed E-state index contributed by atoms with van der Waals surface area (Å²) in [5.41, 5.74) is 4.83. The molecule has 1 aliphatic heterocycles. The Labute approximate surface area is 207 Å². The third-order valence-corrected chi connectivity index (χ3v) is 6.50. The maximum absolute atomic E-state index is 14.4. The van der Waals surface area contributed by atoms with E-state index < -0.39 is 7.40 Å². The van der Waals surface area contributed by atoms with Crippen LogP contribution in [0.25, 0.3) is 27.2 Å². The first-order valence-corrected chi connectivity index (χ1v) is 11.7. The molecule has 2 heterocycles. The van der Waals surface area contributed by atoms with E-state index in [9.17, 15) is 8.63 Å². The average Bonchev–Trinajstić information content (AvgIpc) is 3.54. The molecule has 0 atom stereocenters. The summed E-state index contributed by atoms with van der Waals surface area (Å²) >= 11 is 0. The molecule has 0 unspecified atom stereocenters. The van der Waals surface area contributed by atoms with Crippen molar-refractivity contribution < 1.29 is 13.4 Å². The molecule has 0 radical (unpaired) electrons. The molecule has 174 valence electrons. The van der Waals surface area contributed by atoms with Gasteiger partial charge in [0.1, 0.15) is 5.75 Å². The van der Waals surface area contributed by atoms with Crippen molar-refractivity contribution in [3.8, 4) is 5.75 Å². The summed E-state index contributed by atoms with van der Waals surface area (Å²) < 4.78 is 35.2. The van der Waals surface area contributed by atoms with E-state index in [0.29, 0.717) is 22.5 Å².